The highest BCUT2D eigenvalue weighted by Crippen LogP contribution is 2.49. The largest absolute Gasteiger partial charge is 0.135 e. The summed E-state index contributed by atoms with van der Waals surface area (Å²) in [6.07, 6.45) is 0. The van der Waals surface area contributed by atoms with Crippen LogP contribution >= 0.6 is 11.3 Å². The van der Waals surface area contributed by atoms with Crippen molar-refractivity contribution in [3.63, 3.8) is 0 Å². The topological polar surface area (TPSA) is 0 Å². The van der Waals surface area contributed by atoms with Crippen molar-refractivity contribution in [1.29, 1.82) is 0 Å². The molecule has 0 bridgehead atoms. The van der Waals surface area contributed by atoms with Crippen LogP contribution in [0.4, 0.5) is 0 Å². The predicted molar refractivity (Wildman–Crippen MR) is 181 cm³/mol. The van der Waals surface area contributed by atoms with Crippen molar-refractivity contribution in [3.05, 3.63) is 133 Å². The molecule has 0 radical (unpaired) electrons. The van der Waals surface area contributed by atoms with Crippen LogP contribution in [0.1, 0.15) is 27.7 Å². The summed E-state index contributed by atoms with van der Waals surface area (Å²) in [5.74, 6) is 0. The number of fused-ring (bicyclic) bond motifs is 6. The third-order valence-electron chi connectivity index (χ3n) is 8.51. The fourth-order valence-electron chi connectivity index (χ4n) is 6.64. The average molecular weight is 544 g/mol. The van der Waals surface area contributed by atoms with Gasteiger partial charge in [0.1, 0.15) is 0 Å². The molecule has 0 saturated carbocycles. The molecule has 8 rings (SSSR count). The highest BCUT2D eigenvalue weighted by molar-refractivity contribution is 7.26. The molecule has 0 spiro atoms. The first kappa shape index (κ1) is 23.3. The Kier molecular flexibility index (Phi) is 5.12. The van der Waals surface area contributed by atoms with Crippen molar-refractivity contribution >= 4 is 63.8 Å². The molecule has 1 heteroatoms. The second-order valence-corrected chi connectivity index (χ2v) is 13.1. The van der Waals surface area contributed by atoms with Crippen LogP contribution in [-0.2, 0) is 5.41 Å². The summed E-state index contributed by atoms with van der Waals surface area (Å²) in [6.45, 7) is 6.96. The van der Waals surface area contributed by atoms with Gasteiger partial charge in [-0.3, -0.25) is 0 Å². The van der Waals surface area contributed by atoms with Crippen LogP contribution in [0.5, 0.6) is 0 Å². The van der Waals surface area contributed by atoms with E-state index in [9.17, 15) is 0 Å². The van der Waals surface area contributed by atoms with Crippen LogP contribution < -0.4 is 0 Å². The highest BCUT2D eigenvalue weighted by atomic mass is 32.1. The zero-order valence-electron chi connectivity index (χ0n) is 24.5. The third kappa shape index (κ3) is 3.73. The molecule has 0 aliphatic carbocycles. The Labute approximate surface area is 245 Å². The van der Waals surface area contributed by atoms with Gasteiger partial charge in [0, 0.05) is 20.2 Å². The number of hydrogen-bond acceptors (Lipinski definition) is 1. The Morgan fingerprint density at radius 2 is 1.20 bits per heavy atom. The van der Waals surface area contributed by atoms with Gasteiger partial charge in [-0.2, -0.15) is 0 Å². The molecule has 0 N–H and O–H groups in total. The molecule has 41 heavy (non-hydrogen) atoms. The van der Waals surface area contributed by atoms with Crippen molar-refractivity contribution in [1.82, 2.24) is 0 Å². The van der Waals surface area contributed by atoms with Gasteiger partial charge >= 0.3 is 0 Å². The van der Waals surface area contributed by atoms with Crippen LogP contribution in [0, 0.1) is 0 Å². The van der Waals surface area contributed by atoms with Crippen molar-refractivity contribution in [2.45, 2.75) is 26.2 Å². The standard InChI is InChI=1S/C40H30S/c1-40(2,3)34-23-22-33(38-32-18-10-11-19-35(32)41-39(34)38)37-30-16-8-6-14-28(30)36(29-15-7-9-17-31(29)37)27-21-20-25-12-4-5-13-26(25)24-27/h4-24H,1-3H3/i4D. The molecule has 0 saturated heterocycles. The second-order valence-electron chi connectivity index (χ2n) is 12.0. The van der Waals surface area contributed by atoms with Gasteiger partial charge in [-0.05, 0) is 77.7 Å². The Bertz CT molecular complexity index is 2290. The van der Waals surface area contributed by atoms with Gasteiger partial charge < -0.3 is 0 Å². The molecule has 0 aliphatic heterocycles. The summed E-state index contributed by atoms with van der Waals surface area (Å²) >= 11 is 1.92. The average Bonchev–Trinajstić information content (AvgIpc) is 3.38. The maximum absolute atomic E-state index is 8.06. The molecule has 0 atom stereocenters. The summed E-state index contributed by atoms with van der Waals surface area (Å²) < 4.78 is 10.8. The van der Waals surface area contributed by atoms with E-state index in [0.29, 0.717) is 6.04 Å². The van der Waals surface area contributed by atoms with E-state index in [0.717, 1.165) is 10.8 Å². The minimum Gasteiger partial charge on any atom is -0.135 e. The summed E-state index contributed by atoms with van der Waals surface area (Å²) in [4.78, 5) is 0. The molecule has 0 nitrogen and oxygen atoms in total. The number of hydrogen-bond donors (Lipinski definition) is 0. The smallest absolute Gasteiger partial charge is 0.0623 e. The minimum atomic E-state index is 0.0441. The lowest BCUT2D eigenvalue weighted by molar-refractivity contribution is 0.597. The fourth-order valence-corrected chi connectivity index (χ4v) is 8.09. The van der Waals surface area contributed by atoms with Crippen LogP contribution in [-0.4, -0.2) is 0 Å². The molecule has 1 aromatic heterocycles. The number of rotatable bonds is 2. The summed E-state index contributed by atoms with van der Waals surface area (Å²) in [7, 11) is 0. The summed E-state index contributed by atoms with van der Waals surface area (Å²) in [5.41, 5.74) is 6.52. The molecule has 0 aliphatic rings. The van der Waals surface area contributed by atoms with E-state index in [4.69, 9.17) is 1.37 Å². The molecule has 1 heterocycles. The maximum Gasteiger partial charge on any atom is 0.0623 e. The molecule has 0 unspecified atom stereocenters. The van der Waals surface area contributed by atoms with Gasteiger partial charge in [0.25, 0.3) is 0 Å². The predicted octanol–water partition coefficient (Wildman–Crippen LogP) is 12.1. The Morgan fingerprint density at radius 1 is 0.561 bits per heavy atom. The summed E-state index contributed by atoms with van der Waals surface area (Å²) in [5, 5.41) is 10.0. The Balaban J connectivity index is 1.53. The molecular weight excluding hydrogens is 513 g/mol. The van der Waals surface area contributed by atoms with Crippen molar-refractivity contribution in [2.75, 3.05) is 0 Å². The minimum absolute atomic E-state index is 0.0441. The monoisotopic (exact) mass is 543 g/mol. The van der Waals surface area contributed by atoms with Crippen LogP contribution in [0.15, 0.2) is 127 Å². The van der Waals surface area contributed by atoms with E-state index in [1.165, 1.54) is 69.5 Å². The zero-order chi connectivity index (χ0) is 28.6. The van der Waals surface area contributed by atoms with Gasteiger partial charge in [0.2, 0.25) is 0 Å². The van der Waals surface area contributed by atoms with E-state index in [1.54, 1.807) is 0 Å². The van der Waals surface area contributed by atoms with Crippen LogP contribution in [0.2, 0.25) is 0 Å². The second kappa shape index (κ2) is 9.03. The Hall–Kier alpha value is -4.46. The molecule has 8 aromatic rings. The fraction of sp³-hybridized carbons (Fsp3) is 0.100. The van der Waals surface area contributed by atoms with Crippen molar-refractivity contribution in [3.8, 4) is 22.3 Å². The maximum atomic E-state index is 8.06. The SMILES string of the molecule is [2H]c1ccc2cc(-c3c4ccccc4c(-c4ccc(C(C)(C)C)c5sc6ccccc6c45)c4ccccc34)ccc2c1. The van der Waals surface area contributed by atoms with Gasteiger partial charge in [-0.15, -0.1) is 11.3 Å². The quantitative estimate of drug-likeness (QED) is 0.190. The normalized spacial score (nSPS) is 12.6. The first-order valence-electron chi connectivity index (χ1n) is 14.8. The van der Waals surface area contributed by atoms with Crippen molar-refractivity contribution in [2.24, 2.45) is 0 Å². The van der Waals surface area contributed by atoms with Gasteiger partial charge in [0.05, 0.1) is 1.37 Å². The lowest BCUT2D eigenvalue weighted by Crippen LogP contribution is -2.11. The molecule has 0 amide bonds. The Morgan fingerprint density at radius 3 is 1.88 bits per heavy atom. The molecular formula is C40H30S. The van der Waals surface area contributed by atoms with Crippen molar-refractivity contribution < 1.29 is 1.37 Å². The summed E-state index contributed by atoms with van der Waals surface area (Å²) in [6, 6.07) is 44.5. The van der Waals surface area contributed by atoms with E-state index in [1.807, 2.05) is 23.5 Å². The van der Waals surface area contributed by atoms with Gasteiger partial charge in [0.15, 0.2) is 0 Å². The number of thiophene rings is 1. The molecule has 7 aromatic carbocycles. The lowest BCUT2D eigenvalue weighted by atomic mass is 9.81. The molecule has 196 valence electrons. The van der Waals surface area contributed by atoms with Gasteiger partial charge in [-0.1, -0.05) is 136 Å². The molecule has 0 fully saturated rings. The van der Waals surface area contributed by atoms with E-state index in [2.05, 4.69) is 130 Å². The number of benzene rings is 7. The highest BCUT2D eigenvalue weighted by Gasteiger charge is 2.24. The van der Waals surface area contributed by atoms with E-state index in [-0.39, 0.29) is 5.41 Å². The third-order valence-corrected chi connectivity index (χ3v) is 9.71. The van der Waals surface area contributed by atoms with Crippen LogP contribution in [0.3, 0.4) is 0 Å². The van der Waals surface area contributed by atoms with E-state index >= 15 is 0 Å². The zero-order valence-corrected chi connectivity index (χ0v) is 24.3. The van der Waals surface area contributed by atoms with Gasteiger partial charge in [-0.25, -0.2) is 0 Å². The first-order valence-corrected chi connectivity index (χ1v) is 15.1. The lowest BCUT2D eigenvalue weighted by Gasteiger charge is -2.22. The van der Waals surface area contributed by atoms with E-state index < -0.39 is 0 Å². The first-order chi connectivity index (χ1) is 20.4. The van der Waals surface area contributed by atoms with Crippen LogP contribution in [0.25, 0.3) is 74.7 Å².